The molecule has 0 aliphatic heterocycles. The van der Waals surface area contributed by atoms with E-state index >= 15 is 0 Å². The summed E-state index contributed by atoms with van der Waals surface area (Å²) < 4.78 is 0.717. The number of fused-ring (bicyclic) bond motifs is 3. The number of benzene rings is 3. The second kappa shape index (κ2) is 6.45. The predicted octanol–water partition coefficient (Wildman–Crippen LogP) is 6.78. The van der Waals surface area contributed by atoms with Gasteiger partial charge in [0.2, 0.25) is 0 Å². The van der Waals surface area contributed by atoms with Gasteiger partial charge in [0.15, 0.2) is 0 Å². The number of aromatic nitrogens is 2. The van der Waals surface area contributed by atoms with Crippen molar-refractivity contribution in [3.05, 3.63) is 95.6 Å². The molecule has 2 aromatic heterocycles. The minimum atomic E-state index is 0.717. The lowest BCUT2D eigenvalue weighted by Gasteiger charge is -2.08. The fourth-order valence-corrected chi connectivity index (χ4v) is 3.60. The van der Waals surface area contributed by atoms with Crippen LogP contribution in [0.5, 0.6) is 0 Å². The van der Waals surface area contributed by atoms with Crippen molar-refractivity contribution in [2.24, 2.45) is 0 Å². The topological polar surface area (TPSA) is 28.7 Å². The first-order valence-electron chi connectivity index (χ1n) is 8.87. The molecule has 2 nitrogen and oxygen atoms in total. The molecule has 27 heavy (non-hydrogen) atoms. The minimum Gasteiger partial charge on any atom is -0.344 e. The van der Waals surface area contributed by atoms with E-state index in [1.54, 1.807) is 0 Å². The van der Waals surface area contributed by atoms with E-state index in [0.717, 1.165) is 37.7 Å². The summed E-state index contributed by atoms with van der Waals surface area (Å²) in [5.41, 5.74) is 6.41. The summed E-state index contributed by atoms with van der Waals surface area (Å²) in [7, 11) is 0. The van der Waals surface area contributed by atoms with E-state index in [2.05, 4.69) is 77.8 Å². The first-order valence-corrected chi connectivity index (χ1v) is 9.27. The fourth-order valence-electron chi connectivity index (χ4n) is 3.43. The lowest BCUT2D eigenvalue weighted by Crippen LogP contribution is -1.89. The average Bonchev–Trinajstić information content (AvgIpc) is 2.74. The first kappa shape index (κ1) is 15.9. The number of nitrogens with one attached hydrogen (secondary N) is 1. The van der Waals surface area contributed by atoms with E-state index in [0.29, 0.717) is 0 Å². The molecule has 3 heteroatoms. The number of rotatable bonds is 2. The maximum Gasteiger partial charge on any atom is 0.103 e. The number of pyridine rings is 2. The maximum absolute atomic E-state index is 5.31. The van der Waals surface area contributed by atoms with Gasteiger partial charge in [0.05, 0.1) is 16.7 Å². The van der Waals surface area contributed by atoms with Gasteiger partial charge in [-0.2, -0.15) is 0 Å². The van der Waals surface area contributed by atoms with Crippen molar-refractivity contribution in [3.63, 3.8) is 0 Å². The molecule has 0 saturated carbocycles. The molecule has 5 aromatic rings. The predicted molar refractivity (Wildman–Crippen MR) is 115 cm³/mol. The summed E-state index contributed by atoms with van der Waals surface area (Å²) in [4.78, 5) is 8.23. The monoisotopic (exact) mass is 364 g/mol. The molecule has 0 saturated heterocycles. The van der Waals surface area contributed by atoms with Crippen molar-refractivity contribution < 1.29 is 0 Å². The molecule has 128 valence electrons. The van der Waals surface area contributed by atoms with E-state index in [-0.39, 0.29) is 0 Å². The van der Waals surface area contributed by atoms with Crippen LogP contribution in [-0.4, -0.2) is 9.97 Å². The van der Waals surface area contributed by atoms with Crippen molar-refractivity contribution in [2.45, 2.75) is 0 Å². The Morgan fingerprint density at radius 2 is 1.22 bits per heavy atom. The van der Waals surface area contributed by atoms with E-state index in [4.69, 9.17) is 17.2 Å². The van der Waals surface area contributed by atoms with Crippen LogP contribution in [0.15, 0.2) is 91.0 Å². The van der Waals surface area contributed by atoms with Crippen molar-refractivity contribution in [3.8, 4) is 22.4 Å². The van der Waals surface area contributed by atoms with Gasteiger partial charge in [-0.05, 0) is 29.3 Å². The summed E-state index contributed by atoms with van der Waals surface area (Å²) in [6.07, 6.45) is 0. The lowest BCUT2D eigenvalue weighted by atomic mass is 10.0. The number of hydrogen-bond donors (Lipinski definition) is 1. The number of hydrogen-bond acceptors (Lipinski definition) is 2. The summed E-state index contributed by atoms with van der Waals surface area (Å²) in [6.45, 7) is 0. The van der Waals surface area contributed by atoms with Crippen LogP contribution in [-0.2, 0) is 0 Å². The van der Waals surface area contributed by atoms with Gasteiger partial charge in [0.1, 0.15) is 4.64 Å². The van der Waals surface area contributed by atoms with Gasteiger partial charge < -0.3 is 4.98 Å². The first-order chi connectivity index (χ1) is 13.3. The lowest BCUT2D eigenvalue weighted by molar-refractivity contribution is 1.35. The molecule has 0 unspecified atom stereocenters. The zero-order valence-electron chi connectivity index (χ0n) is 14.5. The maximum atomic E-state index is 5.31. The van der Waals surface area contributed by atoms with Crippen molar-refractivity contribution in [2.75, 3.05) is 0 Å². The highest BCUT2D eigenvalue weighted by Gasteiger charge is 2.06. The van der Waals surface area contributed by atoms with Crippen LogP contribution in [0.4, 0.5) is 0 Å². The summed E-state index contributed by atoms with van der Waals surface area (Å²) in [6, 6.07) is 31.3. The SMILES string of the molecule is S=c1ccc2ccc3ccc(-c4ccc(-c5ccccc5)cc4)nc3c2[nH]1. The highest BCUT2D eigenvalue weighted by Crippen LogP contribution is 2.28. The van der Waals surface area contributed by atoms with E-state index in [9.17, 15) is 0 Å². The van der Waals surface area contributed by atoms with Gasteiger partial charge in [-0.1, -0.05) is 85.0 Å². The van der Waals surface area contributed by atoms with Crippen molar-refractivity contribution in [1.29, 1.82) is 0 Å². The highest BCUT2D eigenvalue weighted by molar-refractivity contribution is 7.71. The third-order valence-corrected chi connectivity index (χ3v) is 5.08. The molecule has 0 atom stereocenters. The van der Waals surface area contributed by atoms with Gasteiger partial charge in [-0.3, -0.25) is 0 Å². The van der Waals surface area contributed by atoms with Gasteiger partial charge in [0, 0.05) is 16.3 Å². The van der Waals surface area contributed by atoms with E-state index in [1.165, 1.54) is 11.1 Å². The molecule has 0 fully saturated rings. The molecular formula is C24H16N2S. The third-order valence-electron chi connectivity index (χ3n) is 4.84. The van der Waals surface area contributed by atoms with Crippen LogP contribution in [0.3, 0.4) is 0 Å². The zero-order valence-corrected chi connectivity index (χ0v) is 15.3. The zero-order chi connectivity index (χ0) is 18.2. The Balaban J connectivity index is 1.63. The largest absolute Gasteiger partial charge is 0.344 e. The Bertz CT molecular complexity index is 1320. The molecule has 0 amide bonds. The molecule has 0 bridgehead atoms. The van der Waals surface area contributed by atoms with E-state index < -0.39 is 0 Å². The smallest absolute Gasteiger partial charge is 0.103 e. The molecule has 0 aliphatic rings. The highest BCUT2D eigenvalue weighted by atomic mass is 32.1. The molecule has 2 heterocycles. The number of nitrogens with zero attached hydrogens (tertiary/aromatic N) is 1. The van der Waals surface area contributed by atoms with Crippen LogP contribution in [0.2, 0.25) is 0 Å². The normalized spacial score (nSPS) is 11.1. The Kier molecular flexibility index (Phi) is 3.80. The Labute approximate surface area is 162 Å². The quantitative estimate of drug-likeness (QED) is 0.276. The van der Waals surface area contributed by atoms with Crippen LogP contribution >= 0.6 is 12.2 Å². The Hall–Kier alpha value is -3.30. The third kappa shape index (κ3) is 2.92. The van der Waals surface area contributed by atoms with Crippen molar-refractivity contribution >= 4 is 34.0 Å². The number of H-pyrrole nitrogens is 1. The fraction of sp³-hybridized carbons (Fsp3) is 0. The van der Waals surface area contributed by atoms with Gasteiger partial charge in [-0.15, -0.1) is 0 Å². The molecular weight excluding hydrogens is 348 g/mol. The Morgan fingerprint density at radius 1 is 0.593 bits per heavy atom. The van der Waals surface area contributed by atoms with Crippen LogP contribution < -0.4 is 0 Å². The van der Waals surface area contributed by atoms with E-state index in [1.807, 2.05) is 18.2 Å². The van der Waals surface area contributed by atoms with Crippen molar-refractivity contribution in [1.82, 2.24) is 9.97 Å². The molecule has 3 aromatic carbocycles. The van der Waals surface area contributed by atoms with Gasteiger partial charge in [-0.25, -0.2) is 4.98 Å². The van der Waals surface area contributed by atoms with Crippen LogP contribution in [0, 0.1) is 4.64 Å². The van der Waals surface area contributed by atoms with Crippen LogP contribution in [0.1, 0.15) is 0 Å². The molecule has 0 spiro atoms. The summed E-state index contributed by atoms with van der Waals surface area (Å²) in [5.74, 6) is 0. The van der Waals surface area contributed by atoms with Crippen LogP contribution in [0.25, 0.3) is 44.2 Å². The Morgan fingerprint density at radius 3 is 2.04 bits per heavy atom. The number of aromatic amines is 1. The summed E-state index contributed by atoms with van der Waals surface area (Å²) >= 11 is 5.31. The average molecular weight is 364 g/mol. The molecule has 5 rings (SSSR count). The minimum absolute atomic E-state index is 0.717. The summed E-state index contributed by atoms with van der Waals surface area (Å²) in [5, 5.41) is 2.21. The second-order valence-corrected chi connectivity index (χ2v) is 7.00. The molecule has 0 aliphatic carbocycles. The van der Waals surface area contributed by atoms with Gasteiger partial charge >= 0.3 is 0 Å². The molecule has 1 N–H and O–H groups in total. The molecule has 0 radical (unpaired) electrons. The van der Waals surface area contributed by atoms with Gasteiger partial charge in [0.25, 0.3) is 0 Å². The standard InChI is InChI=1S/C24H16N2S/c27-22-15-13-20-11-10-19-12-14-21(25-23(19)24(20)26-22)18-8-6-17(7-9-18)16-4-2-1-3-5-16/h1-15H,(H,26,27). The second-order valence-electron chi connectivity index (χ2n) is 6.56.